The second-order valence-electron chi connectivity index (χ2n) is 4.80. The molecule has 0 aliphatic carbocycles. The van der Waals surface area contributed by atoms with Gasteiger partial charge in [-0.25, -0.2) is 0 Å². The molecule has 0 saturated carbocycles. The molecule has 3 rings (SSSR count). The average Bonchev–Trinajstić information content (AvgIpc) is 3.03. The topological polar surface area (TPSA) is 75.7 Å². The van der Waals surface area contributed by atoms with Crippen LogP contribution in [0, 0.1) is 0 Å². The molecule has 0 radical (unpaired) electrons. The first-order valence-electron chi connectivity index (χ1n) is 6.44. The summed E-state index contributed by atoms with van der Waals surface area (Å²) in [6, 6.07) is 8.15. The van der Waals surface area contributed by atoms with Gasteiger partial charge in [0, 0.05) is 0 Å². The fourth-order valence-electron chi connectivity index (χ4n) is 2.78. The lowest BCUT2D eigenvalue weighted by Crippen LogP contribution is -2.41. The van der Waals surface area contributed by atoms with Crippen molar-refractivity contribution >= 4 is 0 Å². The third-order valence-corrected chi connectivity index (χ3v) is 3.85. The van der Waals surface area contributed by atoms with Gasteiger partial charge in [-0.3, -0.25) is 0 Å². The van der Waals surface area contributed by atoms with Gasteiger partial charge in [-0.1, -0.05) is 17.3 Å². The molecule has 100 valence electrons. The zero-order chi connectivity index (χ0) is 13.1. The van der Waals surface area contributed by atoms with Crippen molar-refractivity contribution in [1.29, 1.82) is 0 Å². The molecule has 1 aromatic carbocycles. The third kappa shape index (κ3) is 2.08. The number of aromatic nitrogens is 4. The monoisotopic (exact) mass is 259 g/mol. The zero-order valence-electron chi connectivity index (χ0n) is 10.9. The highest BCUT2D eigenvalue weighted by atomic mass is 16.5. The maximum atomic E-state index is 5.33. The predicted molar refractivity (Wildman–Crippen MR) is 70.1 cm³/mol. The highest BCUT2D eigenvalue weighted by Crippen LogP contribution is 2.38. The van der Waals surface area contributed by atoms with Crippen LogP contribution in [-0.4, -0.2) is 40.8 Å². The fourth-order valence-corrected chi connectivity index (χ4v) is 2.78. The summed E-state index contributed by atoms with van der Waals surface area (Å²) in [6.45, 7) is 1.90. The Bertz CT molecular complexity index is 534. The zero-order valence-corrected chi connectivity index (χ0v) is 10.9. The number of nitrogens with one attached hydrogen (secondary N) is 2. The van der Waals surface area contributed by atoms with E-state index >= 15 is 0 Å². The summed E-state index contributed by atoms with van der Waals surface area (Å²) >= 11 is 0. The number of H-pyrrole nitrogens is 1. The number of benzene rings is 1. The summed E-state index contributed by atoms with van der Waals surface area (Å²) in [5.41, 5.74) is 1.02. The van der Waals surface area contributed by atoms with Crippen molar-refractivity contribution in [2.75, 3.05) is 20.2 Å². The first kappa shape index (κ1) is 12.1. The molecule has 1 aromatic heterocycles. The van der Waals surface area contributed by atoms with Gasteiger partial charge in [0.2, 0.25) is 0 Å². The van der Waals surface area contributed by atoms with Crippen LogP contribution in [-0.2, 0) is 5.41 Å². The molecule has 0 amide bonds. The van der Waals surface area contributed by atoms with Gasteiger partial charge >= 0.3 is 0 Å². The fraction of sp³-hybridized carbons (Fsp3) is 0.462. The van der Waals surface area contributed by atoms with Crippen molar-refractivity contribution < 1.29 is 4.74 Å². The number of hydrogen-bond donors (Lipinski definition) is 2. The van der Waals surface area contributed by atoms with Gasteiger partial charge in [-0.2, -0.15) is 5.21 Å². The van der Waals surface area contributed by atoms with Crippen LogP contribution in [0.1, 0.15) is 24.2 Å². The van der Waals surface area contributed by atoms with Crippen LogP contribution in [0.2, 0.25) is 0 Å². The Morgan fingerprint density at radius 3 is 2.79 bits per heavy atom. The molecule has 0 spiro atoms. The molecule has 2 N–H and O–H groups in total. The van der Waals surface area contributed by atoms with E-state index in [4.69, 9.17) is 4.74 Å². The predicted octanol–water partition coefficient (Wildman–Crippen LogP) is 0.878. The molecule has 1 fully saturated rings. The Labute approximate surface area is 111 Å². The summed E-state index contributed by atoms with van der Waals surface area (Å²) in [7, 11) is 1.68. The highest BCUT2D eigenvalue weighted by Gasteiger charge is 2.39. The van der Waals surface area contributed by atoms with E-state index in [1.165, 1.54) is 5.56 Å². The Kier molecular flexibility index (Phi) is 3.16. The van der Waals surface area contributed by atoms with Gasteiger partial charge in [0.05, 0.1) is 12.5 Å². The molecule has 0 bridgehead atoms. The van der Waals surface area contributed by atoms with Crippen LogP contribution in [0.5, 0.6) is 5.75 Å². The number of ether oxygens (including phenoxy) is 1. The number of hydrogen-bond acceptors (Lipinski definition) is 5. The molecular formula is C13H17N5O. The lowest BCUT2D eigenvalue weighted by Gasteiger charge is -2.35. The summed E-state index contributed by atoms with van der Waals surface area (Å²) in [6.07, 6.45) is 1.92. The number of rotatable bonds is 3. The quantitative estimate of drug-likeness (QED) is 0.855. The van der Waals surface area contributed by atoms with Crippen molar-refractivity contribution in [1.82, 2.24) is 25.9 Å². The van der Waals surface area contributed by atoms with Gasteiger partial charge in [0.25, 0.3) is 0 Å². The second kappa shape index (κ2) is 4.97. The molecule has 1 aliphatic rings. The standard InChI is InChI=1S/C13H17N5O/c1-19-11-4-2-3-10(9-11)13(5-7-14-8-6-13)12-15-17-18-16-12/h2-4,9,14H,5-8H2,1H3,(H,15,16,17,18). The van der Waals surface area contributed by atoms with Crippen LogP contribution < -0.4 is 10.1 Å². The Morgan fingerprint density at radius 1 is 1.26 bits per heavy atom. The molecule has 6 heteroatoms. The van der Waals surface area contributed by atoms with Gasteiger partial charge in [-0.05, 0) is 43.6 Å². The molecular weight excluding hydrogens is 242 g/mol. The molecule has 0 unspecified atom stereocenters. The average molecular weight is 259 g/mol. The van der Waals surface area contributed by atoms with E-state index in [2.05, 4.69) is 38.1 Å². The SMILES string of the molecule is COc1cccc(C2(c3nn[nH]n3)CCNCC2)c1. The van der Waals surface area contributed by atoms with E-state index < -0.39 is 0 Å². The molecule has 2 aromatic rings. The van der Waals surface area contributed by atoms with Crippen molar-refractivity contribution in [2.45, 2.75) is 18.3 Å². The highest BCUT2D eigenvalue weighted by molar-refractivity contribution is 5.38. The van der Waals surface area contributed by atoms with Crippen LogP contribution in [0.15, 0.2) is 24.3 Å². The molecule has 1 saturated heterocycles. The van der Waals surface area contributed by atoms with Crippen LogP contribution in [0.25, 0.3) is 0 Å². The Morgan fingerprint density at radius 2 is 2.11 bits per heavy atom. The first-order chi connectivity index (χ1) is 9.35. The van der Waals surface area contributed by atoms with Crippen LogP contribution >= 0.6 is 0 Å². The van der Waals surface area contributed by atoms with Gasteiger partial charge < -0.3 is 10.1 Å². The molecule has 0 atom stereocenters. The number of aromatic amines is 1. The van der Waals surface area contributed by atoms with Crippen molar-refractivity contribution in [3.05, 3.63) is 35.7 Å². The number of methoxy groups -OCH3 is 1. The van der Waals surface area contributed by atoms with Crippen LogP contribution in [0.4, 0.5) is 0 Å². The molecule has 19 heavy (non-hydrogen) atoms. The van der Waals surface area contributed by atoms with Gasteiger partial charge in [-0.15, -0.1) is 10.2 Å². The Balaban J connectivity index is 2.08. The van der Waals surface area contributed by atoms with Crippen LogP contribution in [0.3, 0.4) is 0 Å². The van der Waals surface area contributed by atoms with Gasteiger partial charge in [0.1, 0.15) is 5.75 Å². The minimum atomic E-state index is -0.174. The lowest BCUT2D eigenvalue weighted by molar-refractivity contribution is 0.343. The van der Waals surface area contributed by atoms with E-state index in [-0.39, 0.29) is 5.41 Å². The summed E-state index contributed by atoms with van der Waals surface area (Å²) in [4.78, 5) is 0. The van der Waals surface area contributed by atoms with Crippen molar-refractivity contribution in [3.8, 4) is 5.75 Å². The maximum absolute atomic E-state index is 5.33. The molecule has 2 heterocycles. The van der Waals surface area contributed by atoms with E-state index in [1.807, 2.05) is 12.1 Å². The maximum Gasteiger partial charge on any atom is 0.185 e. The molecule has 6 nitrogen and oxygen atoms in total. The van der Waals surface area contributed by atoms with E-state index in [0.29, 0.717) is 0 Å². The minimum absolute atomic E-state index is 0.174. The number of piperidine rings is 1. The smallest absolute Gasteiger partial charge is 0.185 e. The largest absolute Gasteiger partial charge is 0.497 e. The summed E-state index contributed by atoms with van der Waals surface area (Å²) in [5, 5.41) is 18.1. The summed E-state index contributed by atoms with van der Waals surface area (Å²) in [5.74, 6) is 1.63. The van der Waals surface area contributed by atoms with E-state index in [1.54, 1.807) is 7.11 Å². The molecule has 1 aliphatic heterocycles. The van der Waals surface area contributed by atoms with Crippen molar-refractivity contribution in [3.63, 3.8) is 0 Å². The van der Waals surface area contributed by atoms with E-state index in [9.17, 15) is 0 Å². The number of nitrogens with zero attached hydrogens (tertiary/aromatic N) is 3. The lowest BCUT2D eigenvalue weighted by atomic mass is 9.72. The first-order valence-corrected chi connectivity index (χ1v) is 6.44. The van der Waals surface area contributed by atoms with E-state index in [0.717, 1.165) is 37.5 Å². The third-order valence-electron chi connectivity index (χ3n) is 3.85. The van der Waals surface area contributed by atoms with Gasteiger partial charge in [0.15, 0.2) is 5.82 Å². The second-order valence-corrected chi connectivity index (χ2v) is 4.80. The summed E-state index contributed by atoms with van der Waals surface area (Å²) < 4.78 is 5.33. The minimum Gasteiger partial charge on any atom is -0.497 e. The Hall–Kier alpha value is -1.95. The number of tetrazole rings is 1. The van der Waals surface area contributed by atoms with Crippen molar-refractivity contribution in [2.24, 2.45) is 0 Å². The normalized spacial score (nSPS) is 18.2.